The number of nitrogens with zero attached hydrogens (tertiary/aromatic N) is 2. The SMILES string of the molecule is CN(CCC(=O)O)C(=O)NCCN(C)C1CCCC1. The van der Waals surface area contributed by atoms with Crippen LogP contribution in [0.1, 0.15) is 32.1 Å². The molecule has 0 spiro atoms. The lowest BCUT2D eigenvalue weighted by atomic mass is 10.2. The number of amides is 2. The van der Waals surface area contributed by atoms with Crippen LogP contribution < -0.4 is 5.32 Å². The minimum absolute atomic E-state index is 0.0219. The zero-order valence-corrected chi connectivity index (χ0v) is 11.9. The van der Waals surface area contributed by atoms with Gasteiger partial charge < -0.3 is 20.2 Å². The predicted octanol–water partition coefficient (Wildman–Crippen LogP) is 0.977. The summed E-state index contributed by atoms with van der Waals surface area (Å²) in [5, 5.41) is 11.4. The summed E-state index contributed by atoms with van der Waals surface area (Å²) in [6.45, 7) is 1.67. The van der Waals surface area contributed by atoms with Crippen LogP contribution in [-0.2, 0) is 4.79 Å². The van der Waals surface area contributed by atoms with Crippen LogP contribution in [0, 0.1) is 0 Å². The first-order valence-corrected chi connectivity index (χ1v) is 6.91. The van der Waals surface area contributed by atoms with E-state index in [1.54, 1.807) is 7.05 Å². The van der Waals surface area contributed by atoms with Gasteiger partial charge in [0.05, 0.1) is 6.42 Å². The Labute approximate surface area is 114 Å². The molecule has 0 radical (unpaired) electrons. The van der Waals surface area contributed by atoms with Crippen LogP contribution in [-0.4, -0.2) is 66.7 Å². The molecule has 0 aromatic rings. The first-order valence-electron chi connectivity index (χ1n) is 6.91. The molecule has 1 saturated carbocycles. The van der Waals surface area contributed by atoms with Crippen molar-refractivity contribution in [3.63, 3.8) is 0 Å². The number of carboxylic acids is 1. The van der Waals surface area contributed by atoms with Crippen molar-refractivity contribution in [1.29, 1.82) is 0 Å². The lowest BCUT2D eigenvalue weighted by Gasteiger charge is -2.24. The van der Waals surface area contributed by atoms with E-state index in [0.29, 0.717) is 12.6 Å². The summed E-state index contributed by atoms with van der Waals surface area (Å²) in [4.78, 5) is 25.8. The third-order valence-electron chi connectivity index (χ3n) is 3.70. The fourth-order valence-electron chi connectivity index (χ4n) is 2.37. The van der Waals surface area contributed by atoms with Crippen molar-refractivity contribution in [2.45, 2.75) is 38.1 Å². The number of carbonyl (C=O) groups excluding carboxylic acids is 1. The largest absolute Gasteiger partial charge is 0.481 e. The summed E-state index contributed by atoms with van der Waals surface area (Å²) in [7, 11) is 3.70. The molecule has 0 bridgehead atoms. The Morgan fingerprint density at radius 3 is 2.42 bits per heavy atom. The molecular weight excluding hydrogens is 246 g/mol. The molecule has 1 rings (SSSR count). The van der Waals surface area contributed by atoms with Crippen molar-refractivity contribution in [2.75, 3.05) is 33.7 Å². The van der Waals surface area contributed by atoms with Gasteiger partial charge >= 0.3 is 12.0 Å². The van der Waals surface area contributed by atoms with Gasteiger partial charge in [-0.05, 0) is 19.9 Å². The number of likely N-dealkylation sites (N-methyl/N-ethyl adjacent to an activating group) is 1. The molecule has 1 aliphatic rings. The van der Waals surface area contributed by atoms with Gasteiger partial charge in [0.25, 0.3) is 0 Å². The van der Waals surface area contributed by atoms with Crippen LogP contribution in [0.25, 0.3) is 0 Å². The molecule has 0 aromatic heterocycles. The van der Waals surface area contributed by atoms with Gasteiger partial charge in [-0.1, -0.05) is 12.8 Å². The van der Waals surface area contributed by atoms with Crippen molar-refractivity contribution >= 4 is 12.0 Å². The Morgan fingerprint density at radius 1 is 1.21 bits per heavy atom. The number of rotatable bonds is 7. The molecule has 0 unspecified atom stereocenters. The van der Waals surface area contributed by atoms with Crippen molar-refractivity contribution in [2.24, 2.45) is 0 Å². The summed E-state index contributed by atoms with van der Waals surface area (Å²) in [6.07, 6.45) is 5.09. The Bertz CT molecular complexity index is 304. The van der Waals surface area contributed by atoms with Gasteiger partial charge in [0, 0.05) is 32.7 Å². The minimum atomic E-state index is -0.888. The molecule has 19 heavy (non-hydrogen) atoms. The molecule has 110 valence electrons. The van der Waals surface area contributed by atoms with Gasteiger partial charge in [-0.3, -0.25) is 4.79 Å². The first kappa shape index (κ1) is 15.8. The van der Waals surface area contributed by atoms with E-state index >= 15 is 0 Å². The van der Waals surface area contributed by atoms with E-state index in [-0.39, 0.29) is 19.0 Å². The molecule has 1 aliphatic carbocycles. The predicted molar refractivity (Wildman–Crippen MR) is 73.2 cm³/mol. The monoisotopic (exact) mass is 271 g/mol. The minimum Gasteiger partial charge on any atom is -0.481 e. The topological polar surface area (TPSA) is 72.9 Å². The van der Waals surface area contributed by atoms with Gasteiger partial charge in [0.15, 0.2) is 0 Å². The smallest absolute Gasteiger partial charge is 0.317 e. The number of carbonyl (C=O) groups is 2. The third-order valence-corrected chi connectivity index (χ3v) is 3.70. The highest BCUT2D eigenvalue weighted by atomic mass is 16.4. The summed E-state index contributed by atoms with van der Waals surface area (Å²) in [6, 6.07) is 0.447. The fraction of sp³-hybridized carbons (Fsp3) is 0.846. The van der Waals surface area contributed by atoms with E-state index in [1.165, 1.54) is 30.6 Å². The summed E-state index contributed by atoms with van der Waals surface area (Å²) >= 11 is 0. The van der Waals surface area contributed by atoms with Gasteiger partial charge in [0.2, 0.25) is 0 Å². The van der Waals surface area contributed by atoms with Gasteiger partial charge in [-0.15, -0.1) is 0 Å². The lowest BCUT2D eigenvalue weighted by Crippen LogP contribution is -2.42. The second-order valence-electron chi connectivity index (χ2n) is 5.22. The van der Waals surface area contributed by atoms with E-state index in [4.69, 9.17) is 5.11 Å². The Morgan fingerprint density at radius 2 is 1.84 bits per heavy atom. The van der Waals surface area contributed by atoms with Crippen LogP contribution >= 0.6 is 0 Å². The Hall–Kier alpha value is -1.30. The van der Waals surface area contributed by atoms with E-state index in [0.717, 1.165) is 6.54 Å². The molecule has 0 heterocycles. The summed E-state index contributed by atoms with van der Waals surface area (Å²) in [5.74, 6) is -0.888. The Balaban J connectivity index is 2.13. The second kappa shape index (κ2) is 7.99. The zero-order chi connectivity index (χ0) is 14.3. The lowest BCUT2D eigenvalue weighted by molar-refractivity contribution is -0.137. The first-order chi connectivity index (χ1) is 9.00. The number of aliphatic carboxylic acids is 1. The highest BCUT2D eigenvalue weighted by Crippen LogP contribution is 2.21. The molecule has 0 saturated heterocycles. The van der Waals surface area contributed by atoms with E-state index < -0.39 is 5.97 Å². The van der Waals surface area contributed by atoms with Crippen LogP contribution in [0.15, 0.2) is 0 Å². The van der Waals surface area contributed by atoms with E-state index in [2.05, 4.69) is 17.3 Å². The molecule has 1 fully saturated rings. The van der Waals surface area contributed by atoms with E-state index in [1.807, 2.05) is 0 Å². The quantitative estimate of drug-likeness (QED) is 0.724. The zero-order valence-electron chi connectivity index (χ0n) is 11.9. The van der Waals surface area contributed by atoms with Gasteiger partial charge in [0.1, 0.15) is 0 Å². The number of hydrogen-bond acceptors (Lipinski definition) is 3. The molecular formula is C13H25N3O3. The summed E-state index contributed by atoms with van der Waals surface area (Å²) < 4.78 is 0. The molecule has 6 nitrogen and oxygen atoms in total. The van der Waals surface area contributed by atoms with E-state index in [9.17, 15) is 9.59 Å². The molecule has 0 aliphatic heterocycles. The fourth-order valence-corrected chi connectivity index (χ4v) is 2.37. The van der Waals surface area contributed by atoms with Gasteiger partial charge in [-0.2, -0.15) is 0 Å². The molecule has 2 amide bonds. The number of nitrogens with one attached hydrogen (secondary N) is 1. The van der Waals surface area contributed by atoms with Crippen LogP contribution in [0.2, 0.25) is 0 Å². The van der Waals surface area contributed by atoms with Crippen molar-refractivity contribution in [3.05, 3.63) is 0 Å². The number of hydrogen-bond donors (Lipinski definition) is 2. The van der Waals surface area contributed by atoms with Crippen molar-refractivity contribution in [1.82, 2.24) is 15.1 Å². The Kier molecular flexibility index (Phi) is 6.62. The maximum atomic E-state index is 11.7. The summed E-state index contributed by atoms with van der Waals surface area (Å²) in [5.41, 5.74) is 0. The average molecular weight is 271 g/mol. The van der Waals surface area contributed by atoms with Crippen LogP contribution in [0.4, 0.5) is 4.79 Å². The van der Waals surface area contributed by atoms with Gasteiger partial charge in [-0.25, -0.2) is 4.79 Å². The second-order valence-corrected chi connectivity index (χ2v) is 5.22. The average Bonchev–Trinajstić information content (AvgIpc) is 2.89. The number of carboxylic acid groups (broad SMARTS) is 1. The molecule has 2 N–H and O–H groups in total. The normalized spacial score (nSPS) is 15.7. The van der Waals surface area contributed by atoms with Crippen LogP contribution in [0.5, 0.6) is 0 Å². The highest BCUT2D eigenvalue weighted by Gasteiger charge is 2.19. The van der Waals surface area contributed by atoms with Crippen molar-refractivity contribution in [3.8, 4) is 0 Å². The standard InChI is InChI=1S/C13H25N3O3/c1-15(11-5-3-4-6-11)10-8-14-13(19)16(2)9-7-12(17)18/h11H,3-10H2,1-2H3,(H,14,19)(H,17,18). The number of urea groups is 1. The third kappa shape index (κ3) is 5.92. The maximum absolute atomic E-state index is 11.7. The van der Waals surface area contributed by atoms with Crippen molar-refractivity contribution < 1.29 is 14.7 Å². The molecule has 6 heteroatoms. The van der Waals surface area contributed by atoms with Crippen LogP contribution in [0.3, 0.4) is 0 Å². The highest BCUT2D eigenvalue weighted by molar-refractivity contribution is 5.74. The molecule has 0 atom stereocenters. The maximum Gasteiger partial charge on any atom is 0.317 e. The molecule has 0 aromatic carbocycles.